The summed E-state index contributed by atoms with van der Waals surface area (Å²) in [5, 5.41) is 2.84. The first-order valence-corrected chi connectivity index (χ1v) is 6.63. The van der Waals surface area contributed by atoms with Gasteiger partial charge in [0.05, 0.1) is 5.56 Å². The molecule has 1 saturated carbocycles. The minimum absolute atomic E-state index is 0.00497. The lowest BCUT2D eigenvalue weighted by atomic mass is 9.94. The number of halogens is 2. The molecule has 0 atom stereocenters. The molecule has 1 fully saturated rings. The van der Waals surface area contributed by atoms with Crippen molar-refractivity contribution >= 4 is 27.6 Å². The van der Waals surface area contributed by atoms with Gasteiger partial charge >= 0.3 is 0 Å². The third-order valence-electron chi connectivity index (χ3n) is 3.05. The first-order valence-electron chi connectivity index (χ1n) is 5.84. The third-order valence-corrected chi connectivity index (χ3v) is 3.74. The summed E-state index contributed by atoms with van der Waals surface area (Å²) in [5.74, 6) is -0.504. The molecular weight excluding hydrogens is 301 g/mol. The molecule has 0 bridgehead atoms. The quantitative estimate of drug-likeness (QED) is 0.912. The van der Waals surface area contributed by atoms with Crippen molar-refractivity contribution < 1.29 is 14.0 Å². The number of nitrogens with one attached hydrogen (secondary N) is 1. The Morgan fingerprint density at radius 3 is 2.67 bits per heavy atom. The predicted molar refractivity (Wildman–Crippen MR) is 68.8 cm³/mol. The van der Waals surface area contributed by atoms with Gasteiger partial charge in [-0.2, -0.15) is 0 Å². The Hall–Kier alpha value is -1.23. The van der Waals surface area contributed by atoms with Crippen molar-refractivity contribution in [3.8, 4) is 0 Å². The van der Waals surface area contributed by atoms with Gasteiger partial charge in [0.15, 0.2) is 0 Å². The van der Waals surface area contributed by atoms with Gasteiger partial charge < -0.3 is 5.32 Å². The third kappa shape index (κ3) is 3.16. The monoisotopic (exact) mass is 313 g/mol. The van der Waals surface area contributed by atoms with Crippen LogP contribution in [0.2, 0.25) is 0 Å². The molecule has 1 N–H and O–H groups in total. The first-order chi connectivity index (χ1) is 8.56. The van der Waals surface area contributed by atoms with Crippen LogP contribution >= 0.6 is 15.9 Å². The van der Waals surface area contributed by atoms with Crippen molar-refractivity contribution in [3.05, 3.63) is 34.1 Å². The lowest BCUT2D eigenvalue weighted by Crippen LogP contribution is -2.37. The minimum Gasteiger partial charge on any atom is -0.349 e. The molecule has 18 heavy (non-hydrogen) atoms. The van der Waals surface area contributed by atoms with Crippen LogP contribution in [-0.2, 0) is 4.79 Å². The average Bonchev–Trinajstić information content (AvgIpc) is 2.35. The highest BCUT2D eigenvalue weighted by Crippen LogP contribution is 2.20. The van der Waals surface area contributed by atoms with E-state index >= 15 is 0 Å². The van der Waals surface area contributed by atoms with E-state index in [4.69, 9.17) is 0 Å². The lowest BCUT2D eigenvalue weighted by molar-refractivity contribution is -0.120. The highest BCUT2D eigenvalue weighted by Gasteiger charge is 2.21. The maximum atomic E-state index is 13.1. The summed E-state index contributed by atoms with van der Waals surface area (Å²) in [6.07, 6.45) is 2.35. The number of Topliss-reactive ketones (excluding diaryl/α,β-unsaturated/α-hetero) is 1. The molecule has 0 radical (unpaired) electrons. The molecule has 1 aliphatic rings. The summed E-state index contributed by atoms with van der Waals surface area (Å²) < 4.78 is 13.7. The van der Waals surface area contributed by atoms with Crippen LogP contribution in [0.3, 0.4) is 0 Å². The smallest absolute Gasteiger partial charge is 0.252 e. The van der Waals surface area contributed by atoms with Crippen LogP contribution in [0.25, 0.3) is 0 Å². The molecule has 1 aromatic carbocycles. The zero-order chi connectivity index (χ0) is 13.1. The van der Waals surface area contributed by atoms with Gasteiger partial charge in [-0.25, -0.2) is 4.39 Å². The summed E-state index contributed by atoms with van der Waals surface area (Å²) in [6, 6.07) is 4.01. The normalized spacial score (nSPS) is 16.7. The molecule has 1 aromatic rings. The number of hydrogen-bond donors (Lipinski definition) is 1. The predicted octanol–water partition coefficient (Wildman–Crippen LogP) is 2.83. The molecular formula is C13H13BrFNO2. The van der Waals surface area contributed by atoms with Crippen molar-refractivity contribution in [1.29, 1.82) is 0 Å². The second-order valence-corrected chi connectivity index (χ2v) is 5.26. The topological polar surface area (TPSA) is 46.2 Å². The zero-order valence-electron chi connectivity index (χ0n) is 9.71. The average molecular weight is 314 g/mol. The standard InChI is InChI=1S/C13H13BrFNO2/c14-12-6-1-8(15)7-11(12)13(18)16-9-2-4-10(17)5-3-9/h1,6-7,9H,2-5H2,(H,16,18). The molecule has 0 aromatic heterocycles. The van der Waals surface area contributed by atoms with Gasteiger partial charge in [-0.3, -0.25) is 9.59 Å². The van der Waals surface area contributed by atoms with Crippen molar-refractivity contribution in [3.63, 3.8) is 0 Å². The molecule has 3 nitrogen and oxygen atoms in total. The van der Waals surface area contributed by atoms with Crippen LogP contribution in [0.5, 0.6) is 0 Å². The van der Waals surface area contributed by atoms with E-state index in [1.54, 1.807) is 0 Å². The van der Waals surface area contributed by atoms with Crippen LogP contribution in [0.15, 0.2) is 22.7 Å². The largest absolute Gasteiger partial charge is 0.349 e. The molecule has 0 heterocycles. The van der Waals surface area contributed by atoms with Crippen LogP contribution in [0.4, 0.5) is 4.39 Å². The fraction of sp³-hybridized carbons (Fsp3) is 0.385. The number of ketones is 1. The van der Waals surface area contributed by atoms with Crippen LogP contribution < -0.4 is 5.32 Å². The Labute approximate surface area is 113 Å². The van der Waals surface area contributed by atoms with Crippen molar-refractivity contribution in [2.45, 2.75) is 31.7 Å². The molecule has 1 aliphatic carbocycles. The molecule has 0 spiro atoms. The van der Waals surface area contributed by atoms with E-state index in [0.717, 1.165) is 0 Å². The SMILES string of the molecule is O=C1CCC(NC(=O)c2cc(F)ccc2Br)CC1. The summed E-state index contributed by atoms with van der Waals surface area (Å²) >= 11 is 3.22. The number of carbonyl (C=O) groups excluding carboxylic acids is 2. The second-order valence-electron chi connectivity index (χ2n) is 4.41. The number of amides is 1. The number of benzene rings is 1. The Bertz CT molecular complexity index is 480. The Morgan fingerprint density at radius 2 is 2.00 bits per heavy atom. The van der Waals surface area contributed by atoms with E-state index in [1.807, 2.05) is 0 Å². The molecule has 1 amide bonds. The van der Waals surface area contributed by atoms with Gasteiger partial charge in [-0.05, 0) is 47.0 Å². The van der Waals surface area contributed by atoms with E-state index in [9.17, 15) is 14.0 Å². The molecule has 0 unspecified atom stereocenters. The number of carbonyl (C=O) groups is 2. The van der Waals surface area contributed by atoms with Crippen molar-refractivity contribution in [2.24, 2.45) is 0 Å². The van der Waals surface area contributed by atoms with Crippen molar-refractivity contribution in [2.75, 3.05) is 0 Å². The second kappa shape index (κ2) is 5.61. The van der Waals surface area contributed by atoms with Crippen LogP contribution in [-0.4, -0.2) is 17.7 Å². The maximum Gasteiger partial charge on any atom is 0.252 e. The van der Waals surface area contributed by atoms with Gasteiger partial charge in [0, 0.05) is 23.4 Å². The lowest BCUT2D eigenvalue weighted by Gasteiger charge is -2.22. The van der Waals surface area contributed by atoms with Gasteiger partial charge in [0.25, 0.3) is 5.91 Å². The summed E-state index contributed by atoms with van der Waals surface area (Å²) in [5.41, 5.74) is 0.284. The Kier molecular flexibility index (Phi) is 4.11. The fourth-order valence-corrected chi connectivity index (χ4v) is 2.45. The van der Waals surface area contributed by atoms with E-state index in [1.165, 1.54) is 18.2 Å². The van der Waals surface area contributed by atoms with E-state index in [0.29, 0.717) is 30.2 Å². The summed E-state index contributed by atoms with van der Waals surface area (Å²) in [7, 11) is 0. The summed E-state index contributed by atoms with van der Waals surface area (Å²) in [6.45, 7) is 0. The van der Waals surface area contributed by atoms with Crippen LogP contribution in [0.1, 0.15) is 36.0 Å². The van der Waals surface area contributed by atoms with Gasteiger partial charge in [0.2, 0.25) is 0 Å². The van der Waals surface area contributed by atoms with E-state index in [-0.39, 0.29) is 23.3 Å². The summed E-state index contributed by atoms with van der Waals surface area (Å²) in [4.78, 5) is 23.1. The molecule has 5 heteroatoms. The van der Waals surface area contributed by atoms with Gasteiger partial charge in [-0.1, -0.05) is 0 Å². The maximum absolute atomic E-state index is 13.1. The number of rotatable bonds is 2. The number of hydrogen-bond acceptors (Lipinski definition) is 2. The zero-order valence-corrected chi connectivity index (χ0v) is 11.3. The molecule has 0 saturated heterocycles. The molecule has 2 rings (SSSR count). The highest BCUT2D eigenvalue weighted by molar-refractivity contribution is 9.10. The van der Waals surface area contributed by atoms with Crippen molar-refractivity contribution in [1.82, 2.24) is 5.32 Å². The van der Waals surface area contributed by atoms with Gasteiger partial charge in [0.1, 0.15) is 11.6 Å². The van der Waals surface area contributed by atoms with E-state index < -0.39 is 5.82 Å². The first kappa shape index (κ1) is 13.2. The highest BCUT2D eigenvalue weighted by atomic mass is 79.9. The van der Waals surface area contributed by atoms with E-state index in [2.05, 4.69) is 21.2 Å². The fourth-order valence-electron chi connectivity index (χ4n) is 2.02. The van der Waals surface area contributed by atoms with Gasteiger partial charge in [-0.15, -0.1) is 0 Å². The van der Waals surface area contributed by atoms with Crippen LogP contribution in [0, 0.1) is 5.82 Å². The molecule has 0 aliphatic heterocycles. The Balaban J connectivity index is 2.03. The minimum atomic E-state index is -0.442. The molecule has 96 valence electrons. The Morgan fingerprint density at radius 1 is 1.33 bits per heavy atom.